The fraction of sp³-hybridized carbons (Fsp3) is 0.333. The Kier molecular flexibility index (Phi) is 8.16. The van der Waals surface area contributed by atoms with Gasteiger partial charge in [0.2, 0.25) is 5.91 Å². The van der Waals surface area contributed by atoms with E-state index < -0.39 is 5.41 Å². The monoisotopic (exact) mass is 598 g/mol. The maximum Gasteiger partial charge on any atom is 0.254 e. The average Bonchev–Trinajstić information content (AvgIpc) is 3.37. The highest BCUT2D eigenvalue weighted by Crippen LogP contribution is 2.51. The van der Waals surface area contributed by atoms with Crippen LogP contribution in [-0.2, 0) is 23.2 Å². The van der Waals surface area contributed by atoms with E-state index in [1.54, 1.807) is 0 Å². The van der Waals surface area contributed by atoms with Crippen molar-refractivity contribution in [3.05, 3.63) is 125 Å². The van der Waals surface area contributed by atoms with Gasteiger partial charge < -0.3 is 15.1 Å². The summed E-state index contributed by atoms with van der Waals surface area (Å²) in [6.45, 7) is 8.76. The van der Waals surface area contributed by atoms with Crippen molar-refractivity contribution >= 4 is 17.5 Å². The third-order valence-corrected chi connectivity index (χ3v) is 10.0. The van der Waals surface area contributed by atoms with Crippen LogP contribution in [0, 0.1) is 0 Å². The first-order chi connectivity index (χ1) is 22.1. The Morgan fingerprint density at radius 3 is 2.13 bits per heavy atom. The number of hydrogen-bond donors (Lipinski definition) is 1. The van der Waals surface area contributed by atoms with Crippen LogP contribution in [0.5, 0.6) is 0 Å². The number of amides is 2. The standard InChI is InChI=1S/C39H42N4O2/c1-2-40-38(45)39(35-15-8-6-13-32(35)33-14-7-9-16-36(33)39)20-10-21-41-23-25-42(26-24-41)31-18-17-30-19-22-43(37(44)34(30)27-31)28-29-11-4-3-5-12-29/h3-9,11-18,27H,2,10,19-26,28H2,1H3,(H,40,45). The van der Waals surface area contributed by atoms with Gasteiger partial charge in [-0.2, -0.15) is 0 Å². The molecule has 6 nitrogen and oxygen atoms in total. The summed E-state index contributed by atoms with van der Waals surface area (Å²) in [7, 11) is 0. The molecule has 0 unspecified atom stereocenters. The molecule has 0 bridgehead atoms. The van der Waals surface area contributed by atoms with Crippen molar-refractivity contribution in [3.63, 3.8) is 0 Å². The van der Waals surface area contributed by atoms with E-state index >= 15 is 0 Å². The molecule has 1 fully saturated rings. The zero-order valence-corrected chi connectivity index (χ0v) is 26.2. The van der Waals surface area contributed by atoms with E-state index in [4.69, 9.17) is 0 Å². The van der Waals surface area contributed by atoms with Gasteiger partial charge in [0.1, 0.15) is 5.41 Å². The van der Waals surface area contributed by atoms with Crippen molar-refractivity contribution in [2.75, 3.05) is 50.7 Å². The van der Waals surface area contributed by atoms with E-state index in [2.05, 4.69) is 94.0 Å². The number of carbonyl (C=O) groups is 2. The van der Waals surface area contributed by atoms with E-state index in [9.17, 15) is 9.59 Å². The molecular weight excluding hydrogens is 556 g/mol. The minimum absolute atomic E-state index is 0.108. The summed E-state index contributed by atoms with van der Waals surface area (Å²) in [4.78, 5) is 34.3. The number of rotatable bonds is 9. The highest BCUT2D eigenvalue weighted by molar-refractivity contribution is 6.00. The highest BCUT2D eigenvalue weighted by Gasteiger charge is 2.48. The summed E-state index contributed by atoms with van der Waals surface area (Å²) in [5, 5.41) is 3.18. The Bertz CT molecular complexity index is 1650. The molecule has 1 N–H and O–H groups in total. The van der Waals surface area contributed by atoms with Crippen LogP contribution in [0.3, 0.4) is 0 Å². The van der Waals surface area contributed by atoms with E-state index in [0.717, 1.165) is 86.5 Å². The first-order valence-electron chi connectivity index (χ1n) is 16.5. The van der Waals surface area contributed by atoms with Crippen molar-refractivity contribution in [1.82, 2.24) is 15.1 Å². The Morgan fingerprint density at radius 2 is 1.44 bits per heavy atom. The van der Waals surface area contributed by atoms with Crippen LogP contribution in [0.25, 0.3) is 11.1 Å². The number of carbonyl (C=O) groups excluding carboxylic acids is 2. The second kappa shape index (κ2) is 12.5. The lowest BCUT2D eigenvalue weighted by Crippen LogP contribution is -2.48. The molecular formula is C39H42N4O2. The van der Waals surface area contributed by atoms with Crippen LogP contribution >= 0.6 is 0 Å². The van der Waals surface area contributed by atoms with E-state index in [1.807, 2.05) is 30.0 Å². The van der Waals surface area contributed by atoms with Crippen molar-refractivity contribution in [1.29, 1.82) is 0 Å². The molecule has 0 radical (unpaired) electrons. The number of fused-ring (bicyclic) bond motifs is 4. The van der Waals surface area contributed by atoms with Crippen molar-refractivity contribution in [2.24, 2.45) is 0 Å². The quantitative estimate of drug-likeness (QED) is 0.261. The summed E-state index contributed by atoms with van der Waals surface area (Å²) in [5.74, 6) is 0.244. The van der Waals surface area contributed by atoms with Gasteiger partial charge in [-0.3, -0.25) is 14.5 Å². The predicted octanol–water partition coefficient (Wildman–Crippen LogP) is 5.89. The summed E-state index contributed by atoms with van der Waals surface area (Å²) in [6, 6.07) is 33.6. The summed E-state index contributed by atoms with van der Waals surface area (Å²) >= 11 is 0. The van der Waals surface area contributed by atoms with Crippen LogP contribution in [0.2, 0.25) is 0 Å². The van der Waals surface area contributed by atoms with Gasteiger partial charge in [0.25, 0.3) is 5.91 Å². The van der Waals surface area contributed by atoms with Crippen LogP contribution < -0.4 is 10.2 Å². The molecule has 4 aromatic rings. The molecule has 1 saturated heterocycles. The van der Waals surface area contributed by atoms with Crippen LogP contribution in [0.4, 0.5) is 5.69 Å². The number of nitrogens with one attached hydrogen (secondary N) is 1. The minimum Gasteiger partial charge on any atom is -0.369 e. The van der Waals surface area contributed by atoms with Crippen LogP contribution in [-0.4, -0.2) is 67.4 Å². The first-order valence-corrected chi connectivity index (χ1v) is 16.5. The Morgan fingerprint density at radius 1 is 0.778 bits per heavy atom. The molecule has 7 rings (SSSR count). The summed E-state index contributed by atoms with van der Waals surface area (Å²) < 4.78 is 0. The zero-order valence-electron chi connectivity index (χ0n) is 26.2. The molecule has 3 aliphatic rings. The maximum absolute atomic E-state index is 13.9. The number of anilines is 1. The van der Waals surface area contributed by atoms with Gasteiger partial charge in [0, 0.05) is 57.1 Å². The Hall–Kier alpha value is -4.42. The van der Waals surface area contributed by atoms with Gasteiger partial charge in [-0.25, -0.2) is 0 Å². The lowest BCUT2D eigenvalue weighted by molar-refractivity contribution is -0.125. The summed E-state index contributed by atoms with van der Waals surface area (Å²) in [5.41, 5.74) is 8.27. The van der Waals surface area contributed by atoms with Crippen molar-refractivity contribution in [3.8, 4) is 11.1 Å². The van der Waals surface area contributed by atoms with Crippen LogP contribution in [0.1, 0.15) is 52.4 Å². The first kappa shape index (κ1) is 29.3. The van der Waals surface area contributed by atoms with Gasteiger partial charge in [-0.1, -0.05) is 84.9 Å². The van der Waals surface area contributed by atoms with E-state index in [1.165, 1.54) is 16.7 Å². The van der Waals surface area contributed by atoms with Gasteiger partial charge in [-0.15, -0.1) is 0 Å². The van der Waals surface area contributed by atoms with Gasteiger partial charge >= 0.3 is 0 Å². The third-order valence-electron chi connectivity index (χ3n) is 10.0. The molecule has 0 atom stereocenters. The molecule has 0 spiro atoms. The lowest BCUT2D eigenvalue weighted by Gasteiger charge is -2.37. The zero-order chi connectivity index (χ0) is 30.8. The normalized spacial score (nSPS) is 17.0. The maximum atomic E-state index is 13.9. The molecule has 0 saturated carbocycles. The average molecular weight is 599 g/mol. The fourth-order valence-electron chi connectivity index (χ4n) is 7.72. The van der Waals surface area contributed by atoms with Crippen molar-refractivity contribution < 1.29 is 9.59 Å². The van der Waals surface area contributed by atoms with Gasteiger partial charge in [0.05, 0.1) is 0 Å². The fourth-order valence-corrected chi connectivity index (χ4v) is 7.72. The molecule has 2 amide bonds. The van der Waals surface area contributed by atoms with E-state index in [0.29, 0.717) is 13.1 Å². The largest absolute Gasteiger partial charge is 0.369 e. The molecule has 0 aromatic heterocycles. The van der Waals surface area contributed by atoms with Crippen molar-refractivity contribution in [2.45, 2.75) is 38.1 Å². The SMILES string of the molecule is CCNC(=O)C1(CCCN2CCN(c3ccc4c(c3)C(=O)N(Cc3ccccc3)CC4)CC2)c2ccccc2-c2ccccc21. The molecule has 230 valence electrons. The number of nitrogens with zero attached hydrogens (tertiary/aromatic N) is 3. The molecule has 1 aliphatic carbocycles. The minimum atomic E-state index is -0.658. The second-order valence-corrected chi connectivity index (χ2v) is 12.6. The lowest BCUT2D eigenvalue weighted by atomic mass is 9.73. The number of hydrogen-bond acceptors (Lipinski definition) is 4. The van der Waals surface area contributed by atoms with Crippen LogP contribution in [0.15, 0.2) is 97.1 Å². The Labute approximate surface area is 266 Å². The molecule has 4 aromatic carbocycles. The highest BCUT2D eigenvalue weighted by atomic mass is 16.2. The van der Waals surface area contributed by atoms with Gasteiger partial charge in [0.15, 0.2) is 0 Å². The van der Waals surface area contributed by atoms with Gasteiger partial charge in [-0.05, 0) is 78.2 Å². The molecule has 6 heteroatoms. The second-order valence-electron chi connectivity index (χ2n) is 12.6. The summed E-state index contributed by atoms with van der Waals surface area (Å²) in [6.07, 6.45) is 2.61. The molecule has 45 heavy (non-hydrogen) atoms. The molecule has 2 aliphatic heterocycles. The molecule has 2 heterocycles. The topological polar surface area (TPSA) is 55.9 Å². The van der Waals surface area contributed by atoms with E-state index in [-0.39, 0.29) is 11.8 Å². The number of benzene rings is 4. The number of likely N-dealkylation sites (N-methyl/N-ethyl adjacent to an activating group) is 1. The number of piperazine rings is 1. The smallest absolute Gasteiger partial charge is 0.254 e. The Balaban J connectivity index is 1.00. The predicted molar refractivity (Wildman–Crippen MR) is 181 cm³/mol. The third kappa shape index (κ3) is 5.42.